The second kappa shape index (κ2) is 5.35. The lowest BCUT2D eigenvalue weighted by Gasteiger charge is -2.17. The van der Waals surface area contributed by atoms with Gasteiger partial charge in [0.15, 0.2) is 0 Å². The Labute approximate surface area is 106 Å². The number of nitrogens with two attached hydrogens (primary N) is 1. The third kappa shape index (κ3) is 2.61. The molecule has 0 aromatic carbocycles. The Bertz CT molecular complexity index is 448. The van der Waals surface area contributed by atoms with Crippen LogP contribution in [0.1, 0.15) is 35.3 Å². The molecule has 1 heterocycles. The fraction of sp³-hybridized carbons (Fsp3) is 0.538. The molecule has 5 heteroatoms. The zero-order valence-corrected chi connectivity index (χ0v) is 10.7. The first-order chi connectivity index (χ1) is 8.61. The van der Waals surface area contributed by atoms with Gasteiger partial charge < -0.3 is 15.2 Å². The molecule has 18 heavy (non-hydrogen) atoms. The third-order valence-electron chi connectivity index (χ3n) is 3.24. The predicted molar refractivity (Wildman–Crippen MR) is 66.6 cm³/mol. The smallest absolute Gasteiger partial charge is 0.339 e. The zero-order chi connectivity index (χ0) is 13.1. The SMILES string of the molecule is COC(=O)c1ccc(OC2CCCC2N)nc1C. The van der Waals surface area contributed by atoms with E-state index < -0.39 is 0 Å². The van der Waals surface area contributed by atoms with E-state index >= 15 is 0 Å². The van der Waals surface area contributed by atoms with Crippen LogP contribution in [-0.4, -0.2) is 30.2 Å². The van der Waals surface area contributed by atoms with Gasteiger partial charge in [0.05, 0.1) is 18.4 Å². The minimum Gasteiger partial charge on any atom is -0.473 e. The van der Waals surface area contributed by atoms with Gasteiger partial charge in [-0.05, 0) is 32.3 Å². The van der Waals surface area contributed by atoms with E-state index in [-0.39, 0.29) is 18.1 Å². The summed E-state index contributed by atoms with van der Waals surface area (Å²) in [6.45, 7) is 1.76. The Morgan fingerprint density at radius 3 is 2.78 bits per heavy atom. The summed E-state index contributed by atoms with van der Waals surface area (Å²) in [7, 11) is 1.35. The van der Waals surface area contributed by atoms with Crippen molar-refractivity contribution < 1.29 is 14.3 Å². The van der Waals surface area contributed by atoms with Crippen LogP contribution in [-0.2, 0) is 4.74 Å². The van der Waals surface area contributed by atoms with Crippen molar-refractivity contribution in [2.45, 2.75) is 38.3 Å². The average Bonchev–Trinajstić information content (AvgIpc) is 2.74. The Hall–Kier alpha value is -1.62. The monoisotopic (exact) mass is 250 g/mol. The summed E-state index contributed by atoms with van der Waals surface area (Å²) in [5, 5.41) is 0. The third-order valence-corrected chi connectivity index (χ3v) is 3.24. The number of methoxy groups -OCH3 is 1. The largest absolute Gasteiger partial charge is 0.473 e. The molecule has 1 aromatic rings. The van der Waals surface area contributed by atoms with Gasteiger partial charge in [0.2, 0.25) is 5.88 Å². The highest BCUT2D eigenvalue weighted by Crippen LogP contribution is 2.23. The summed E-state index contributed by atoms with van der Waals surface area (Å²) in [5.74, 6) is 0.131. The van der Waals surface area contributed by atoms with Crippen LogP contribution in [0, 0.1) is 6.92 Å². The summed E-state index contributed by atoms with van der Waals surface area (Å²) in [6.07, 6.45) is 3.07. The Morgan fingerprint density at radius 2 is 2.22 bits per heavy atom. The number of nitrogens with zero attached hydrogens (tertiary/aromatic N) is 1. The molecule has 1 aromatic heterocycles. The zero-order valence-electron chi connectivity index (χ0n) is 10.7. The van der Waals surface area contributed by atoms with Crippen molar-refractivity contribution in [1.29, 1.82) is 0 Å². The van der Waals surface area contributed by atoms with Crippen LogP contribution < -0.4 is 10.5 Å². The lowest BCUT2D eigenvalue weighted by atomic mass is 10.2. The van der Waals surface area contributed by atoms with Gasteiger partial charge in [-0.3, -0.25) is 0 Å². The standard InChI is InChI=1S/C13H18N2O3/c1-8-9(13(16)17-2)6-7-12(15-8)18-11-5-3-4-10(11)14/h6-7,10-11H,3-5,14H2,1-2H3. The molecule has 0 saturated heterocycles. The number of aromatic nitrogens is 1. The molecule has 2 N–H and O–H groups in total. The van der Waals surface area contributed by atoms with Crippen molar-refractivity contribution in [2.24, 2.45) is 5.73 Å². The summed E-state index contributed by atoms with van der Waals surface area (Å²) < 4.78 is 10.4. The van der Waals surface area contributed by atoms with Gasteiger partial charge >= 0.3 is 5.97 Å². The van der Waals surface area contributed by atoms with Crippen molar-refractivity contribution in [2.75, 3.05) is 7.11 Å². The molecule has 1 aliphatic rings. The Kier molecular flexibility index (Phi) is 3.81. The van der Waals surface area contributed by atoms with Crippen LogP contribution in [0.5, 0.6) is 5.88 Å². The maximum absolute atomic E-state index is 11.4. The number of pyridine rings is 1. The second-order valence-corrected chi connectivity index (χ2v) is 4.53. The molecule has 0 spiro atoms. The molecule has 0 amide bonds. The van der Waals surface area contributed by atoms with E-state index in [0.717, 1.165) is 19.3 Å². The molecule has 1 aliphatic carbocycles. The highest BCUT2D eigenvalue weighted by molar-refractivity contribution is 5.90. The molecular formula is C13H18N2O3. The van der Waals surface area contributed by atoms with Crippen molar-refractivity contribution in [1.82, 2.24) is 4.98 Å². The first-order valence-electron chi connectivity index (χ1n) is 6.10. The van der Waals surface area contributed by atoms with Gasteiger partial charge in [0, 0.05) is 12.1 Å². The van der Waals surface area contributed by atoms with Crippen LogP contribution in [0.4, 0.5) is 0 Å². The fourth-order valence-electron chi connectivity index (χ4n) is 2.19. The van der Waals surface area contributed by atoms with E-state index in [0.29, 0.717) is 17.1 Å². The van der Waals surface area contributed by atoms with Crippen LogP contribution in [0.25, 0.3) is 0 Å². The highest BCUT2D eigenvalue weighted by Gasteiger charge is 2.26. The number of ether oxygens (including phenoxy) is 2. The lowest BCUT2D eigenvalue weighted by Crippen LogP contribution is -2.33. The van der Waals surface area contributed by atoms with Crippen molar-refractivity contribution in [3.05, 3.63) is 23.4 Å². The Balaban J connectivity index is 2.11. The van der Waals surface area contributed by atoms with E-state index in [1.54, 1.807) is 19.1 Å². The second-order valence-electron chi connectivity index (χ2n) is 4.53. The molecule has 0 radical (unpaired) electrons. The number of hydrogen-bond donors (Lipinski definition) is 1. The van der Waals surface area contributed by atoms with Gasteiger partial charge in [-0.15, -0.1) is 0 Å². The molecule has 1 fully saturated rings. The van der Waals surface area contributed by atoms with E-state index in [2.05, 4.69) is 9.72 Å². The molecular weight excluding hydrogens is 232 g/mol. The molecule has 0 aliphatic heterocycles. The molecule has 2 atom stereocenters. The number of aryl methyl sites for hydroxylation is 1. The number of carbonyl (C=O) groups excluding carboxylic acids is 1. The van der Waals surface area contributed by atoms with Gasteiger partial charge in [0.1, 0.15) is 6.10 Å². The minimum atomic E-state index is -0.385. The highest BCUT2D eigenvalue weighted by atomic mass is 16.5. The number of rotatable bonds is 3. The fourth-order valence-corrected chi connectivity index (χ4v) is 2.19. The van der Waals surface area contributed by atoms with E-state index in [9.17, 15) is 4.79 Å². The molecule has 0 bridgehead atoms. The summed E-state index contributed by atoms with van der Waals surface area (Å²) in [6, 6.07) is 3.43. The summed E-state index contributed by atoms with van der Waals surface area (Å²) >= 11 is 0. The van der Waals surface area contributed by atoms with E-state index in [4.69, 9.17) is 10.5 Å². The molecule has 98 valence electrons. The maximum Gasteiger partial charge on any atom is 0.339 e. The van der Waals surface area contributed by atoms with Crippen molar-refractivity contribution in [3.63, 3.8) is 0 Å². The van der Waals surface area contributed by atoms with Crippen LogP contribution in [0.3, 0.4) is 0 Å². The van der Waals surface area contributed by atoms with Gasteiger partial charge in [-0.25, -0.2) is 9.78 Å². The topological polar surface area (TPSA) is 74.4 Å². The van der Waals surface area contributed by atoms with Crippen LogP contribution in [0.15, 0.2) is 12.1 Å². The van der Waals surface area contributed by atoms with Gasteiger partial charge in [-0.1, -0.05) is 0 Å². The van der Waals surface area contributed by atoms with Crippen molar-refractivity contribution in [3.8, 4) is 5.88 Å². The van der Waals surface area contributed by atoms with Crippen LogP contribution >= 0.6 is 0 Å². The number of esters is 1. The normalized spacial score (nSPS) is 22.8. The summed E-state index contributed by atoms with van der Waals surface area (Å²) in [5.41, 5.74) is 7.00. The van der Waals surface area contributed by atoms with Gasteiger partial charge in [-0.2, -0.15) is 0 Å². The predicted octanol–water partition coefficient (Wildman–Crippen LogP) is 1.44. The first kappa shape index (κ1) is 12.8. The van der Waals surface area contributed by atoms with E-state index in [1.807, 2.05) is 0 Å². The maximum atomic E-state index is 11.4. The van der Waals surface area contributed by atoms with E-state index in [1.165, 1.54) is 7.11 Å². The van der Waals surface area contributed by atoms with Crippen LogP contribution in [0.2, 0.25) is 0 Å². The summed E-state index contributed by atoms with van der Waals surface area (Å²) in [4.78, 5) is 15.7. The number of hydrogen-bond acceptors (Lipinski definition) is 5. The molecule has 5 nitrogen and oxygen atoms in total. The average molecular weight is 250 g/mol. The minimum absolute atomic E-state index is 0.0286. The quantitative estimate of drug-likeness (QED) is 0.821. The molecule has 2 rings (SSSR count). The number of carbonyl (C=O) groups is 1. The Morgan fingerprint density at radius 1 is 1.44 bits per heavy atom. The lowest BCUT2D eigenvalue weighted by molar-refractivity contribution is 0.0599. The first-order valence-corrected chi connectivity index (χ1v) is 6.10. The molecule has 2 unspecified atom stereocenters. The molecule has 1 saturated carbocycles. The van der Waals surface area contributed by atoms with Gasteiger partial charge in [0.25, 0.3) is 0 Å². The van der Waals surface area contributed by atoms with Crippen molar-refractivity contribution >= 4 is 5.97 Å².